The van der Waals surface area contributed by atoms with Gasteiger partial charge in [-0.3, -0.25) is 4.79 Å². The second-order valence-corrected chi connectivity index (χ2v) is 7.71. The molecule has 0 saturated carbocycles. The minimum atomic E-state index is -0.678. The Morgan fingerprint density at radius 3 is 2.23 bits per heavy atom. The van der Waals surface area contributed by atoms with Gasteiger partial charge >= 0.3 is 0 Å². The smallest absolute Gasteiger partial charge is 0.197 e. The first-order valence-corrected chi connectivity index (χ1v) is 9.48. The van der Waals surface area contributed by atoms with Crippen molar-refractivity contribution >= 4 is 48.0 Å². The highest BCUT2D eigenvalue weighted by Gasteiger charge is 2.20. The van der Waals surface area contributed by atoms with Crippen LogP contribution in [-0.4, -0.2) is 13.1 Å². The number of fused-ring (bicyclic) bond motifs is 5. The van der Waals surface area contributed by atoms with E-state index < -0.39 is 17.1 Å². The molecule has 0 spiro atoms. The Morgan fingerprint density at radius 2 is 1.50 bits per heavy atom. The summed E-state index contributed by atoms with van der Waals surface area (Å²) in [6.07, 6.45) is 2.27. The van der Waals surface area contributed by atoms with Gasteiger partial charge in [0.25, 0.3) is 0 Å². The van der Waals surface area contributed by atoms with Crippen molar-refractivity contribution in [3.63, 3.8) is 0 Å². The topological polar surface area (TPSA) is 20.3 Å². The maximum Gasteiger partial charge on any atom is 0.197 e. The van der Waals surface area contributed by atoms with Crippen molar-refractivity contribution in [2.45, 2.75) is 12.8 Å². The molecule has 1 aliphatic heterocycles. The van der Waals surface area contributed by atoms with Crippen LogP contribution >= 0.6 is 11.3 Å². The largest absolute Gasteiger partial charge is 0.363 e. The summed E-state index contributed by atoms with van der Waals surface area (Å²) in [5, 5.41) is 2.75. The van der Waals surface area contributed by atoms with Crippen molar-refractivity contribution in [3.05, 3.63) is 64.3 Å². The van der Waals surface area contributed by atoms with E-state index in [2.05, 4.69) is 4.90 Å². The summed E-state index contributed by atoms with van der Waals surface area (Å²) in [5.74, 6) is -1.24. The number of rotatable bonds is 1. The van der Waals surface area contributed by atoms with Gasteiger partial charge in [-0.15, -0.1) is 11.3 Å². The third-order valence-corrected chi connectivity index (χ3v) is 6.38. The quantitative estimate of drug-likeness (QED) is 0.446. The molecule has 0 bridgehead atoms. The van der Waals surface area contributed by atoms with E-state index in [1.807, 2.05) is 18.2 Å². The zero-order valence-electron chi connectivity index (χ0n) is 13.9. The average molecular weight is 367 g/mol. The maximum absolute atomic E-state index is 14.8. The zero-order valence-corrected chi connectivity index (χ0v) is 14.7. The van der Waals surface area contributed by atoms with Crippen molar-refractivity contribution < 1.29 is 8.78 Å². The Labute approximate surface area is 152 Å². The van der Waals surface area contributed by atoms with Gasteiger partial charge in [0, 0.05) is 39.3 Å². The molecule has 1 fully saturated rings. The fraction of sp³-hybridized carbons (Fsp3) is 0.190. The Bertz CT molecular complexity index is 1240. The molecular weight excluding hydrogens is 352 g/mol. The van der Waals surface area contributed by atoms with E-state index in [1.54, 1.807) is 23.5 Å². The number of nitrogens with zero attached hydrogens (tertiary/aromatic N) is 1. The molecule has 0 N–H and O–H groups in total. The molecule has 0 aliphatic carbocycles. The van der Waals surface area contributed by atoms with Gasteiger partial charge in [0.2, 0.25) is 0 Å². The maximum atomic E-state index is 14.8. The first-order chi connectivity index (χ1) is 12.6. The van der Waals surface area contributed by atoms with Crippen LogP contribution in [0.15, 0.2) is 47.3 Å². The van der Waals surface area contributed by atoms with E-state index in [-0.39, 0.29) is 10.8 Å². The molecule has 2 nitrogen and oxygen atoms in total. The van der Waals surface area contributed by atoms with Crippen LogP contribution in [0.1, 0.15) is 12.8 Å². The van der Waals surface area contributed by atoms with Crippen LogP contribution in [0.5, 0.6) is 0 Å². The lowest BCUT2D eigenvalue weighted by Crippen LogP contribution is -2.15. The van der Waals surface area contributed by atoms with Crippen molar-refractivity contribution in [2.24, 2.45) is 0 Å². The van der Waals surface area contributed by atoms with Gasteiger partial charge in [-0.1, -0.05) is 24.3 Å². The van der Waals surface area contributed by atoms with Crippen LogP contribution in [-0.2, 0) is 0 Å². The number of halogens is 2. The van der Waals surface area contributed by atoms with Crippen LogP contribution < -0.4 is 10.3 Å². The van der Waals surface area contributed by atoms with Crippen molar-refractivity contribution in [2.75, 3.05) is 18.0 Å². The summed E-state index contributed by atoms with van der Waals surface area (Å²) in [4.78, 5) is 15.3. The van der Waals surface area contributed by atoms with E-state index in [9.17, 15) is 13.6 Å². The first kappa shape index (κ1) is 15.7. The van der Waals surface area contributed by atoms with Crippen LogP contribution in [0.4, 0.5) is 13.8 Å². The van der Waals surface area contributed by atoms with Crippen LogP contribution in [0.25, 0.3) is 31.6 Å². The Hall–Kier alpha value is -2.53. The van der Waals surface area contributed by atoms with Crippen LogP contribution in [0, 0.1) is 11.6 Å². The second kappa shape index (κ2) is 5.74. The minimum absolute atomic E-state index is 0.0860. The number of hydrogen-bond acceptors (Lipinski definition) is 3. The van der Waals surface area contributed by atoms with Crippen molar-refractivity contribution in [1.29, 1.82) is 0 Å². The normalized spacial score (nSPS) is 14.8. The summed E-state index contributed by atoms with van der Waals surface area (Å²) in [6, 6.07) is 11.2. The van der Waals surface area contributed by atoms with E-state index in [0.29, 0.717) is 10.8 Å². The standard InChI is InChI=1S/C21H15F2NOS/c22-15-7-8-16(23)19-18(15)14-11-17(24-9-3-4-10-24)26-21(14)13-6-2-1-5-12(13)20(19)25/h1-2,5-8,11H,3-4,9-10H2. The monoisotopic (exact) mass is 367 g/mol. The van der Waals surface area contributed by atoms with E-state index in [0.717, 1.165) is 53.2 Å². The predicted octanol–water partition coefficient (Wildman–Crippen LogP) is 5.45. The molecule has 1 saturated heterocycles. The fourth-order valence-corrected chi connectivity index (χ4v) is 5.16. The highest BCUT2D eigenvalue weighted by atomic mass is 32.1. The molecule has 0 atom stereocenters. The molecule has 0 radical (unpaired) electrons. The third kappa shape index (κ3) is 2.16. The SMILES string of the molecule is O=c1c2ccccc2c2sc(N3CCCC3)cc2c2c(F)ccc(F)c12. The Balaban J connectivity index is 2.07. The molecule has 130 valence electrons. The van der Waals surface area contributed by atoms with Gasteiger partial charge in [0.05, 0.1) is 10.4 Å². The highest BCUT2D eigenvalue weighted by molar-refractivity contribution is 7.23. The average Bonchev–Trinajstić information content (AvgIpc) is 3.30. The Kier molecular flexibility index (Phi) is 3.47. The summed E-state index contributed by atoms with van der Waals surface area (Å²) in [7, 11) is 0. The molecule has 4 aromatic rings. The van der Waals surface area contributed by atoms with Gasteiger partial charge < -0.3 is 4.90 Å². The van der Waals surface area contributed by atoms with E-state index >= 15 is 0 Å². The number of anilines is 1. The molecule has 2 heterocycles. The van der Waals surface area contributed by atoms with Gasteiger partial charge in [-0.2, -0.15) is 0 Å². The second-order valence-electron chi connectivity index (χ2n) is 6.68. The summed E-state index contributed by atoms with van der Waals surface area (Å²) < 4.78 is 30.2. The van der Waals surface area contributed by atoms with Crippen LogP contribution in [0.2, 0.25) is 0 Å². The molecule has 0 amide bonds. The molecule has 5 heteroatoms. The predicted molar refractivity (Wildman–Crippen MR) is 104 cm³/mol. The van der Waals surface area contributed by atoms with Crippen molar-refractivity contribution in [3.8, 4) is 0 Å². The number of benzene rings is 2. The van der Waals surface area contributed by atoms with Gasteiger partial charge in [-0.25, -0.2) is 8.78 Å². The highest BCUT2D eigenvalue weighted by Crippen LogP contribution is 2.40. The molecule has 1 aromatic heterocycles. The number of hydrogen-bond donors (Lipinski definition) is 0. The molecule has 1 aliphatic rings. The summed E-state index contributed by atoms with van der Waals surface area (Å²) >= 11 is 1.55. The lowest BCUT2D eigenvalue weighted by Gasteiger charge is -2.13. The van der Waals surface area contributed by atoms with E-state index in [1.165, 1.54) is 0 Å². The fourth-order valence-electron chi connectivity index (χ4n) is 3.91. The van der Waals surface area contributed by atoms with E-state index in [4.69, 9.17) is 0 Å². The van der Waals surface area contributed by atoms with Gasteiger partial charge in [0.15, 0.2) is 5.43 Å². The summed E-state index contributed by atoms with van der Waals surface area (Å²) in [6.45, 7) is 1.94. The van der Waals surface area contributed by atoms with Gasteiger partial charge in [0.1, 0.15) is 11.6 Å². The molecule has 26 heavy (non-hydrogen) atoms. The molecule has 0 unspecified atom stereocenters. The lowest BCUT2D eigenvalue weighted by molar-refractivity contribution is 0.618. The number of thiophene rings is 1. The first-order valence-electron chi connectivity index (χ1n) is 8.66. The third-order valence-electron chi connectivity index (χ3n) is 5.15. The Morgan fingerprint density at radius 1 is 0.846 bits per heavy atom. The van der Waals surface area contributed by atoms with Crippen LogP contribution in [0.3, 0.4) is 0 Å². The lowest BCUT2D eigenvalue weighted by atomic mass is 10.1. The zero-order chi connectivity index (χ0) is 17.8. The molecule has 5 rings (SSSR count). The molecule has 3 aromatic carbocycles. The minimum Gasteiger partial charge on any atom is -0.363 e. The molecular formula is C21H15F2NOS. The van der Waals surface area contributed by atoms with Crippen molar-refractivity contribution in [1.82, 2.24) is 0 Å². The summed E-state index contributed by atoms with van der Waals surface area (Å²) in [5.41, 5.74) is -0.460. The van der Waals surface area contributed by atoms with Gasteiger partial charge in [-0.05, 0) is 31.0 Å².